The summed E-state index contributed by atoms with van der Waals surface area (Å²) in [7, 11) is 0. The lowest BCUT2D eigenvalue weighted by atomic mass is 10.0. The number of nitrogens with one attached hydrogen (secondary N) is 2. The number of hydrogen-bond donors (Lipinski definition) is 2. The Kier molecular flexibility index (Phi) is 7.25. The van der Waals surface area contributed by atoms with Crippen molar-refractivity contribution in [1.29, 1.82) is 0 Å². The number of rotatable bonds is 9. The molecule has 2 N–H and O–H groups in total. The lowest BCUT2D eigenvalue weighted by Gasteiger charge is -2.27. The lowest BCUT2D eigenvalue weighted by molar-refractivity contribution is -0.118. The van der Waals surface area contributed by atoms with Gasteiger partial charge in [0.25, 0.3) is 5.91 Å². The van der Waals surface area contributed by atoms with Gasteiger partial charge in [-0.1, -0.05) is 42.5 Å². The van der Waals surface area contributed by atoms with Crippen molar-refractivity contribution in [3.63, 3.8) is 0 Å². The molecule has 6 nitrogen and oxygen atoms in total. The number of hydrogen-bond acceptors (Lipinski definition) is 5. The van der Waals surface area contributed by atoms with Crippen molar-refractivity contribution in [2.24, 2.45) is 0 Å². The normalized spacial score (nSPS) is 14.7. The lowest BCUT2D eigenvalue weighted by Crippen LogP contribution is -2.26. The Morgan fingerprint density at radius 2 is 1.81 bits per heavy atom. The maximum absolute atomic E-state index is 12.2. The third-order valence-corrected chi connectivity index (χ3v) is 5.24. The Balaban J connectivity index is 1.37. The first-order valence-corrected chi connectivity index (χ1v) is 10.9. The molecule has 0 bridgehead atoms. The fraction of sp³-hybridized carbons (Fsp3) is 0.269. The van der Waals surface area contributed by atoms with Crippen LogP contribution in [0.15, 0.2) is 72.8 Å². The maximum atomic E-state index is 12.2. The summed E-state index contributed by atoms with van der Waals surface area (Å²) < 4.78 is 17.3. The number of anilines is 1. The van der Waals surface area contributed by atoms with Gasteiger partial charge in [-0.05, 0) is 42.8 Å². The van der Waals surface area contributed by atoms with E-state index in [4.69, 9.17) is 14.2 Å². The van der Waals surface area contributed by atoms with Crippen molar-refractivity contribution in [1.82, 2.24) is 5.32 Å². The summed E-state index contributed by atoms with van der Waals surface area (Å²) in [5.74, 6) is 1.91. The number of benzene rings is 3. The second-order valence-corrected chi connectivity index (χ2v) is 7.53. The minimum absolute atomic E-state index is 0.0918. The molecule has 32 heavy (non-hydrogen) atoms. The van der Waals surface area contributed by atoms with Crippen LogP contribution in [0.4, 0.5) is 5.69 Å². The zero-order chi connectivity index (χ0) is 22.2. The van der Waals surface area contributed by atoms with E-state index in [-0.39, 0.29) is 18.6 Å². The molecule has 0 radical (unpaired) electrons. The van der Waals surface area contributed by atoms with E-state index in [9.17, 15) is 4.79 Å². The molecule has 6 heteroatoms. The molecule has 1 aliphatic rings. The van der Waals surface area contributed by atoms with E-state index in [1.165, 1.54) is 5.56 Å². The van der Waals surface area contributed by atoms with Crippen molar-refractivity contribution in [3.8, 4) is 17.2 Å². The summed E-state index contributed by atoms with van der Waals surface area (Å²) in [6, 6.07) is 23.5. The predicted molar refractivity (Wildman–Crippen MR) is 124 cm³/mol. The van der Waals surface area contributed by atoms with Crippen LogP contribution in [0.5, 0.6) is 17.2 Å². The third kappa shape index (κ3) is 5.59. The van der Waals surface area contributed by atoms with Gasteiger partial charge in [-0.25, -0.2) is 0 Å². The monoisotopic (exact) mass is 432 g/mol. The SMILES string of the molecule is CCOc1cc(CN[C@H]2CCOc3ccccc32)ccc1OCC(=O)Nc1ccccc1. The van der Waals surface area contributed by atoms with Gasteiger partial charge in [0.15, 0.2) is 18.1 Å². The molecule has 0 aromatic heterocycles. The van der Waals surface area contributed by atoms with Crippen LogP contribution >= 0.6 is 0 Å². The highest BCUT2D eigenvalue weighted by Crippen LogP contribution is 2.33. The van der Waals surface area contributed by atoms with Gasteiger partial charge in [-0.2, -0.15) is 0 Å². The highest BCUT2D eigenvalue weighted by Gasteiger charge is 2.20. The summed E-state index contributed by atoms with van der Waals surface area (Å²) in [4.78, 5) is 12.2. The zero-order valence-electron chi connectivity index (χ0n) is 18.2. The number of carbonyl (C=O) groups is 1. The van der Waals surface area contributed by atoms with Crippen molar-refractivity contribution in [3.05, 3.63) is 83.9 Å². The molecule has 1 heterocycles. The fourth-order valence-electron chi connectivity index (χ4n) is 3.71. The molecule has 4 rings (SSSR count). The highest BCUT2D eigenvalue weighted by atomic mass is 16.5. The second kappa shape index (κ2) is 10.7. The Labute approximate surface area is 188 Å². The van der Waals surface area contributed by atoms with Crippen LogP contribution in [0.2, 0.25) is 0 Å². The molecule has 0 saturated carbocycles. The standard InChI is InChI=1S/C26H28N2O4/c1-2-30-25-16-19(17-27-22-14-15-31-23-11-7-6-10-21(22)23)12-13-24(25)32-18-26(29)28-20-8-4-3-5-9-20/h3-13,16,22,27H,2,14-15,17-18H2,1H3,(H,28,29)/t22-/m0/s1. The molecule has 0 fully saturated rings. The number of ether oxygens (including phenoxy) is 3. The molecule has 1 amide bonds. The fourth-order valence-corrected chi connectivity index (χ4v) is 3.71. The molecule has 1 aliphatic heterocycles. The minimum atomic E-state index is -0.220. The highest BCUT2D eigenvalue weighted by molar-refractivity contribution is 5.91. The van der Waals surface area contributed by atoms with E-state index < -0.39 is 0 Å². The summed E-state index contributed by atoms with van der Waals surface area (Å²) in [6.07, 6.45) is 0.924. The molecule has 0 aliphatic carbocycles. The van der Waals surface area contributed by atoms with Gasteiger partial charge in [0.2, 0.25) is 0 Å². The number of amides is 1. The molecule has 0 spiro atoms. The second-order valence-electron chi connectivity index (χ2n) is 7.53. The van der Waals surface area contributed by atoms with Crippen LogP contribution in [-0.2, 0) is 11.3 Å². The summed E-state index contributed by atoms with van der Waals surface area (Å²) in [5.41, 5.74) is 3.01. The molecule has 0 unspecified atom stereocenters. The van der Waals surface area contributed by atoms with E-state index >= 15 is 0 Å². The van der Waals surface area contributed by atoms with Crippen molar-refractivity contribution < 1.29 is 19.0 Å². The molecular weight excluding hydrogens is 404 g/mol. The average Bonchev–Trinajstić information content (AvgIpc) is 2.83. The maximum Gasteiger partial charge on any atom is 0.262 e. The molecule has 3 aromatic carbocycles. The smallest absolute Gasteiger partial charge is 0.262 e. The average molecular weight is 433 g/mol. The van der Waals surface area contributed by atoms with Crippen LogP contribution in [-0.4, -0.2) is 25.7 Å². The van der Waals surface area contributed by atoms with E-state index in [1.54, 1.807) is 0 Å². The van der Waals surface area contributed by atoms with Gasteiger partial charge in [-0.15, -0.1) is 0 Å². The first kappa shape index (κ1) is 21.7. The van der Waals surface area contributed by atoms with Crippen LogP contribution in [0.1, 0.15) is 30.5 Å². The zero-order valence-corrected chi connectivity index (χ0v) is 18.2. The number of carbonyl (C=O) groups excluding carboxylic acids is 1. The first-order chi connectivity index (χ1) is 15.7. The molecular formula is C26H28N2O4. The third-order valence-electron chi connectivity index (χ3n) is 5.24. The first-order valence-electron chi connectivity index (χ1n) is 10.9. The van der Waals surface area contributed by atoms with Crippen molar-refractivity contribution in [2.75, 3.05) is 25.1 Å². The van der Waals surface area contributed by atoms with E-state index in [2.05, 4.69) is 16.7 Å². The number of para-hydroxylation sites is 2. The molecule has 166 valence electrons. The van der Waals surface area contributed by atoms with Crippen LogP contribution in [0.3, 0.4) is 0 Å². The van der Waals surface area contributed by atoms with E-state index in [0.717, 1.165) is 23.4 Å². The summed E-state index contributed by atoms with van der Waals surface area (Å²) in [5, 5.41) is 6.43. The van der Waals surface area contributed by atoms with E-state index in [1.807, 2.05) is 73.7 Å². The minimum Gasteiger partial charge on any atom is -0.493 e. The largest absolute Gasteiger partial charge is 0.493 e. The van der Waals surface area contributed by atoms with Crippen molar-refractivity contribution in [2.45, 2.75) is 25.9 Å². The Bertz CT molecular complexity index is 1040. The van der Waals surface area contributed by atoms with Gasteiger partial charge in [0, 0.05) is 30.3 Å². The van der Waals surface area contributed by atoms with Gasteiger partial charge in [-0.3, -0.25) is 4.79 Å². The van der Waals surface area contributed by atoms with Gasteiger partial charge in [0.1, 0.15) is 5.75 Å². The molecule has 0 saturated heterocycles. The van der Waals surface area contributed by atoms with Crippen LogP contribution in [0.25, 0.3) is 0 Å². The van der Waals surface area contributed by atoms with E-state index in [0.29, 0.717) is 31.3 Å². The summed E-state index contributed by atoms with van der Waals surface area (Å²) in [6.45, 7) is 3.74. The van der Waals surface area contributed by atoms with Gasteiger partial charge in [0.05, 0.1) is 13.2 Å². The van der Waals surface area contributed by atoms with Gasteiger partial charge < -0.3 is 24.8 Å². The molecule has 3 aromatic rings. The Hall–Kier alpha value is -3.51. The summed E-state index contributed by atoms with van der Waals surface area (Å²) >= 11 is 0. The van der Waals surface area contributed by atoms with Crippen LogP contribution in [0, 0.1) is 0 Å². The van der Waals surface area contributed by atoms with Gasteiger partial charge >= 0.3 is 0 Å². The quantitative estimate of drug-likeness (QED) is 0.512. The topological polar surface area (TPSA) is 68.8 Å². The van der Waals surface area contributed by atoms with Crippen LogP contribution < -0.4 is 24.8 Å². The Morgan fingerprint density at radius 1 is 1.00 bits per heavy atom. The predicted octanol–water partition coefficient (Wildman–Crippen LogP) is 4.72. The Morgan fingerprint density at radius 3 is 2.66 bits per heavy atom. The molecule has 1 atom stereocenters. The van der Waals surface area contributed by atoms with Crippen molar-refractivity contribution >= 4 is 11.6 Å². The number of fused-ring (bicyclic) bond motifs is 1.